The number of benzene rings is 1. The smallest absolute Gasteiger partial charge is 0.251 e. The number of rotatable bonds is 7. The predicted octanol–water partition coefficient (Wildman–Crippen LogP) is 2.03. The summed E-state index contributed by atoms with van der Waals surface area (Å²) < 4.78 is 0. The van der Waals surface area contributed by atoms with Gasteiger partial charge in [0.25, 0.3) is 5.91 Å². The highest BCUT2D eigenvalue weighted by Crippen LogP contribution is 2.15. The minimum absolute atomic E-state index is 0.0139. The van der Waals surface area contributed by atoms with E-state index in [2.05, 4.69) is 24.1 Å². The first-order valence-electron chi connectivity index (χ1n) is 6.89. The zero-order chi connectivity index (χ0) is 14.3. The molecule has 19 heavy (non-hydrogen) atoms. The zero-order valence-electron chi connectivity index (χ0n) is 12.0. The molecule has 0 aliphatic rings. The van der Waals surface area contributed by atoms with Crippen LogP contribution in [-0.4, -0.2) is 36.8 Å². The van der Waals surface area contributed by atoms with Crippen LogP contribution in [0.1, 0.15) is 37.6 Å². The Morgan fingerprint density at radius 1 is 1.26 bits per heavy atom. The highest BCUT2D eigenvalue weighted by Gasteiger charge is 2.10. The van der Waals surface area contributed by atoms with E-state index in [0.29, 0.717) is 12.0 Å². The molecular formula is C15H24N2O2. The van der Waals surface area contributed by atoms with Crippen molar-refractivity contribution >= 4 is 11.6 Å². The molecule has 0 unspecified atom stereocenters. The number of nitrogens with one attached hydrogen (secondary N) is 1. The topological polar surface area (TPSA) is 52.6 Å². The van der Waals surface area contributed by atoms with Crippen molar-refractivity contribution in [1.29, 1.82) is 0 Å². The maximum atomic E-state index is 11.9. The maximum absolute atomic E-state index is 11.9. The molecule has 0 aliphatic heterocycles. The number of nitrogens with zero attached hydrogens (tertiary/aromatic N) is 1. The van der Waals surface area contributed by atoms with Crippen LogP contribution < -0.4 is 10.2 Å². The number of hydrogen-bond donors (Lipinski definition) is 2. The van der Waals surface area contributed by atoms with Crippen LogP contribution in [0, 0.1) is 0 Å². The lowest BCUT2D eigenvalue weighted by molar-refractivity contribution is 0.0934. The van der Waals surface area contributed by atoms with Crippen LogP contribution >= 0.6 is 0 Å². The molecule has 1 amide bonds. The van der Waals surface area contributed by atoms with E-state index in [1.165, 1.54) is 0 Å². The van der Waals surface area contributed by atoms with Crippen molar-refractivity contribution in [3.63, 3.8) is 0 Å². The molecule has 0 saturated heterocycles. The molecule has 1 rings (SSSR count). The van der Waals surface area contributed by atoms with Crippen LogP contribution in [0.4, 0.5) is 5.69 Å². The summed E-state index contributed by atoms with van der Waals surface area (Å²) in [6, 6.07) is 7.61. The fourth-order valence-electron chi connectivity index (χ4n) is 1.99. The summed E-state index contributed by atoms with van der Waals surface area (Å²) >= 11 is 0. The number of carbonyl (C=O) groups is 1. The standard InChI is InChI=1S/C15H24N2O2/c1-4-17(5-2)14-8-6-13(7-9-14)15(19)16-12(3)10-11-18/h6-9,12,18H,4-5,10-11H2,1-3H3,(H,16,19)/t12-/m1/s1. The van der Waals surface area contributed by atoms with Crippen LogP contribution in [0.15, 0.2) is 24.3 Å². The second-order valence-corrected chi connectivity index (χ2v) is 4.61. The quantitative estimate of drug-likeness (QED) is 0.792. The minimum atomic E-state index is -0.0907. The van der Waals surface area contributed by atoms with Crippen molar-refractivity contribution in [3.8, 4) is 0 Å². The van der Waals surface area contributed by atoms with Crippen LogP contribution in [0.25, 0.3) is 0 Å². The summed E-state index contributed by atoms with van der Waals surface area (Å²) in [5, 5.41) is 11.7. The van der Waals surface area contributed by atoms with Crippen molar-refractivity contribution in [1.82, 2.24) is 5.32 Å². The molecule has 1 atom stereocenters. The van der Waals surface area contributed by atoms with Gasteiger partial charge in [-0.3, -0.25) is 4.79 Å². The molecule has 0 fully saturated rings. The van der Waals surface area contributed by atoms with Crippen LogP contribution in [0.3, 0.4) is 0 Å². The lowest BCUT2D eigenvalue weighted by Gasteiger charge is -2.21. The first-order valence-corrected chi connectivity index (χ1v) is 6.89. The molecule has 4 heteroatoms. The molecule has 2 N–H and O–H groups in total. The summed E-state index contributed by atoms with van der Waals surface area (Å²) in [6.45, 7) is 8.10. The van der Waals surface area contributed by atoms with Gasteiger partial charge >= 0.3 is 0 Å². The monoisotopic (exact) mass is 264 g/mol. The second-order valence-electron chi connectivity index (χ2n) is 4.61. The molecule has 1 aromatic rings. The third-order valence-corrected chi connectivity index (χ3v) is 3.20. The Morgan fingerprint density at radius 2 is 1.84 bits per heavy atom. The van der Waals surface area contributed by atoms with E-state index in [1.807, 2.05) is 31.2 Å². The molecule has 0 bridgehead atoms. The summed E-state index contributed by atoms with van der Waals surface area (Å²) in [5.74, 6) is -0.0907. The van der Waals surface area contributed by atoms with E-state index in [4.69, 9.17) is 5.11 Å². The van der Waals surface area contributed by atoms with E-state index in [1.54, 1.807) is 0 Å². The fourth-order valence-corrected chi connectivity index (χ4v) is 1.99. The normalized spacial score (nSPS) is 12.0. The molecular weight excluding hydrogens is 240 g/mol. The molecule has 0 aromatic heterocycles. The van der Waals surface area contributed by atoms with Crippen LogP contribution in [-0.2, 0) is 0 Å². The summed E-state index contributed by atoms with van der Waals surface area (Å²) in [6.07, 6.45) is 0.573. The highest BCUT2D eigenvalue weighted by molar-refractivity contribution is 5.94. The Kier molecular flexibility index (Phi) is 6.36. The van der Waals surface area contributed by atoms with Gasteiger partial charge < -0.3 is 15.3 Å². The Labute approximate surface area is 115 Å². The third kappa shape index (κ3) is 4.56. The molecule has 4 nitrogen and oxygen atoms in total. The molecule has 1 aromatic carbocycles. The van der Waals surface area contributed by atoms with Gasteiger partial charge in [-0.1, -0.05) is 0 Å². The summed E-state index contributed by atoms with van der Waals surface area (Å²) in [5.41, 5.74) is 1.78. The van der Waals surface area contributed by atoms with Crippen molar-refractivity contribution in [2.24, 2.45) is 0 Å². The van der Waals surface area contributed by atoms with Gasteiger partial charge in [-0.15, -0.1) is 0 Å². The molecule has 0 heterocycles. The largest absolute Gasteiger partial charge is 0.396 e. The number of hydrogen-bond acceptors (Lipinski definition) is 3. The Balaban J connectivity index is 2.67. The molecule has 106 valence electrons. The van der Waals surface area contributed by atoms with Crippen molar-refractivity contribution in [2.45, 2.75) is 33.2 Å². The van der Waals surface area contributed by atoms with E-state index >= 15 is 0 Å². The van der Waals surface area contributed by atoms with Gasteiger partial charge in [0.05, 0.1) is 0 Å². The lowest BCUT2D eigenvalue weighted by atomic mass is 10.1. The Bertz CT molecular complexity index is 386. The van der Waals surface area contributed by atoms with E-state index in [0.717, 1.165) is 18.8 Å². The number of amides is 1. The second kappa shape index (κ2) is 7.79. The number of anilines is 1. The van der Waals surface area contributed by atoms with E-state index in [-0.39, 0.29) is 18.6 Å². The van der Waals surface area contributed by atoms with E-state index in [9.17, 15) is 4.79 Å². The Hall–Kier alpha value is -1.55. The highest BCUT2D eigenvalue weighted by atomic mass is 16.3. The predicted molar refractivity (Wildman–Crippen MR) is 78.6 cm³/mol. The first kappa shape index (κ1) is 15.5. The molecule has 0 aliphatic carbocycles. The zero-order valence-corrected chi connectivity index (χ0v) is 12.0. The van der Waals surface area contributed by atoms with Gasteiger partial charge in [-0.05, 0) is 51.5 Å². The SMILES string of the molecule is CCN(CC)c1ccc(C(=O)N[C@H](C)CCO)cc1. The third-order valence-electron chi connectivity index (χ3n) is 3.20. The molecule has 0 saturated carbocycles. The van der Waals surface area contributed by atoms with Gasteiger partial charge in [0.1, 0.15) is 0 Å². The van der Waals surface area contributed by atoms with E-state index < -0.39 is 0 Å². The van der Waals surface area contributed by atoms with Crippen molar-refractivity contribution in [2.75, 3.05) is 24.6 Å². The number of carbonyl (C=O) groups excluding carboxylic acids is 1. The number of aliphatic hydroxyl groups is 1. The maximum Gasteiger partial charge on any atom is 0.251 e. The van der Waals surface area contributed by atoms with Gasteiger partial charge in [0, 0.05) is 37.0 Å². The fraction of sp³-hybridized carbons (Fsp3) is 0.533. The van der Waals surface area contributed by atoms with Crippen molar-refractivity contribution in [3.05, 3.63) is 29.8 Å². The van der Waals surface area contributed by atoms with Crippen LogP contribution in [0.5, 0.6) is 0 Å². The van der Waals surface area contributed by atoms with Crippen molar-refractivity contribution < 1.29 is 9.90 Å². The van der Waals surface area contributed by atoms with Gasteiger partial charge in [-0.25, -0.2) is 0 Å². The van der Waals surface area contributed by atoms with Gasteiger partial charge in [0.2, 0.25) is 0 Å². The van der Waals surface area contributed by atoms with Gasteiger partial charge in [0.15, 0.2) is 0 Å². The Morgan fingerprint density at radius 3 is 2.32 bits per heavy atom. The molecule has 0 spiro atoms. The minimum Gasteiger partial charge on any atom is -0.396 e. The average Bonchev–Trinajstić information content (AvgIpc) is 2.41. The lowest BCUT2D eigenvalue weighted by Crippen LogP contribution is -2.33. The number of aliphatic hydroxyl groups excluding tert-OH is 1. The van der Waals surface area contributed by atoms with Gasteiger partial charge in [-0.2, -0.15) is 0 Å². The summed E-state index contributed by atoms with van der Waals surface area (Å²) in [4.78, 5) is 14.2. The summed E-state index contributed by atoms with van der Waals surface area (Å²) in [7, 11) is 0. The van der Waals surface area contributed by atoms with Crippen LogP contribution in [0.2, 0.25) is 0 Å². The average molecular weight is 264 g/mol. The molecule has 0 radical (unpaired) electrons. The first-order chi connectivity index (χ1) is 9.12.